The van der Waals surface area contributed by atoms with Crippen LogP contribution in [0.2, 0.25) is 0 Å². The summed E-state index contributed by atoms with van der Waals surface area (Å²) < 4.78 is 13.2. The molecule has 2 aromatic rings. The summed E-state index contributed by atoms with van der Waals surface area (Å²) in [6, 6.07) is 8.54. The van der Waals surface area contributed by atoms with Crippen LogP contribution in [0.5, 0.6) is 0 Å². The zero-order valence-corrected chi connectivity index (χ0v) is 18.8. The van der Waals surface area contributed by atoms with Crippen molar-refractivity contribution < 1.29 is 18.8 Å². The molecule has 0 unspecified atom stereocenters. The standard InChI is InChI=1S/C24H28FN3O3S/c25-19-8-6-18(7-9-19)23(30)28-14-10-17(11-15-28)21(24(31)27-12-2-1-3-13-27)26-22(29)20-5-4-16-32-20/h4-9,16-17,21H,1-3,10-15H2,(H,26,29)/t21-/m1/s1. The molecule has 8 heteroatoms. The summed E-state index contributed by atoms with van der Waals surface area (Å²) in [6.45, 7) is 2.46. The van der Waals surface area contributed by atoms with Crippen LogP contribution in [0.3, 0.4) is 0 Å². The Labute approximate surface area is 191 Å². The molecule has 3 amide bonds. The van der Waals surface area contributed by atoms with Crippen LogP contribution >= 0.6 is 11.3 Å². The summed E-state index contributed by atoms with van der Waals surface area (Å²) in [7, 11) is 0. The molecule has 0 bridgehead atoms. The van der Waals surface area contributed by atoms with Crippen molar-refractivity contribution in [2.24, 2.45) is 5.92 Å². The maximum Gasteiger partial charge on any atom is 0.262 e. The summed E-state index contributed by atoms with van der Waals surface area (Å²) in [6.07, 6.45) is 4.35. The van der Waals surface area contributed by atoms with Crippen LogP contribution in [0.4, 0.5) is 4.39 Å². The van der Waals surface area contributed by atoms with Crippen LogP contribution in [0.15, 0.2) is 41.8 Å². The maximum atomic E-state index is 13.4. The molecule has 4 rings (SSSR count). The number of nitrogens with one attached hydrogen (secondary N) is 1. The molecule has 1 aromatic heterocycles. The van der Waals surface area contributed by atoms with Crippen LogP contribution in [0.25, 0.3) is 0 Å². The summed E-state index contributed by atoms with van der Waals surface area (Å²) in [5.41, 5.74) is 0.455. The van der Waals surface area contributed by atoms with Gasteiger partial charge in [0, 0.05) is 31.7 Å². The lowest BCUT2D eigenvalue weighted by Gasteiger charge is -2.38. The second-order valence-electron chi connectivity index (χ2n) is 8.45. The molecule has 0 aliphatic carbocycles. The second kappa shape index (κ2) is 10.3. The first-order valence-corrected chi connectivity index (χ1v) is 12.1. The first-order valence-electron chi connectivity index (χ1n) is 11.2. The van der Waals surface area contributed by atoms with Crippen LogP contribution in [0.1, 0.15) is 52.1 Å². The smallest absolute Gasteiger partial charge is 0.262 e. The molecule has 32 heavy (non-hydrogen) atoms. The number of nitrogens with zero attached hydrogens (tertiary/aromatic N) is 2. The molecular weight excluding hydrogens is 429 g/mol. The molecule has 3 heterocycles. The predicted octanol–water partition coefficient (Wildman–Crippen LogP) is 3.55. The summed E-state index contributed by atoms with van der Waals surface area (Å²) in [5, 5.41) is 4.85. The minimum absolute atomic E-state index is 0.0158. The monoisotopic (exact) mass is 457 g/mol. The van der Waals surface area contributed by atoms with E-state index >= 15 is 0 Å². The number of piperidine rings is 2. The van der Waals surface area contributed by atoms with Crippen molar-refractivity contribution in [3.63, 3.8) is 0 Å². The van der Waals surface area contributed by atoms with E-state index in [0.29, 0.717) is 36.4 Å². The Balaban J connectivity index is 1.44. The lowest BCUT2D eigenvalue weighted by Crippen LogP contribution is -2.55. The fourth-order valence-electron chi connectivity index (χ4n) is 4.52. The highest BCUT2D eigenvalue weighted by atomic mass is 32.1. The van der Waals surface area contributed by atoms with Crippen molar-refractivity contribution in [1.82, 2.24) is 15.1 Å². The van der Waals surface area contributed by atoms with Gasteiger partial charge in [-0.15, -0.1) is 11.3 Å². The van der Waals surface area contributed by atoms with Crippen molar-refractivity contribution in [3.05, 3.63) is 58.0 Å². The van der Waals surface area contributed by atoms with E-state index in [0.717, 1.165) is 32.4 Å². The number of hydrogen-bond acceptors (Lipinski definition) is 4. The molecule has 0 spiro atoms. The number of likely N-dealkylation sites (tertiary alicyclic amines) is 2. The van der Waals surface area contributed by atoms with Crippen LogP contribution in [0, 0.1) is 11.7 Å². The summed E-state index contributed by atoms with van der Waals surface area (Å²) >= 11 is 1.35. The number of halogens is 1. The highest BCUT2D eigenvalue weighted by Gasteiger charge is 2.36. The Morgan fingerprint density at radius 1 is 0.938 bits per heavy atom. The highest BCUT2D eigenvalue weighted by Crippen LogP contribution is 2.25. The van der Waals surface area contributed by atoms with Gasteiger partial charge in [-0.1, -0.05) is 6.07 Å². The Bertz CT molecular complexity index is 934. The van der Waals surface area contributed by atoms with Gasteiger partial charge in [-0.2, -0.15) is 0 Å². The third-order valence-corrected chi connectivity index (χ3v) is 7.22. The van der Waals surface area contributed by atoms with Crippen LogP contribution in [-0.4, -0.2) is 59.7 Å². The molecule has 0 saturated carbocycles. The first-order chi connectivity index (χ1) is 15.5. The highest BCUT2D eigenvalue weighted by molar-refractivity contribution is 7.12. The zero-order chi connectivity index (χ0) is 22.5. The molecule has 2 aliphatic rings. The SMILES string of the molecule is O=C(N[C@@H](C(=O)N1CCCCC1)C1CCN(C(=O)c2ccc(F)cc2)CC1)c1cccs1. The molecule has 0 radical (unpaired) electrons. The third-order valence-electron chi connectivity index (χ3n) is 6.35. The number of hydrogen-bond donors (Lipinski definition) is 1. The van der Waals surface area contributed by atoms with Crippen molar-refractivity contribution >= 4 is 29.1 Å². The second-order valence-corrected chi connectivity index (χ2v) is 9.40. The van der Waals surface area contributed by atoms with Gasteiger partial charge in [-0.3, -0.25) is 14.4 Å². The molecule has 1 N–H and O–H groups in total. The topological polar surface area (TPSA) is 69.7 Å². The molecule has 1 aromatic carbocycles. The zero-order valence-electron chi connectivity index (χ0n) is 18.0. The van der Waals surface area contributed by atoms with Crippen molar-refractivity contribution in [2.45, 2.75) is 38.1 Å². The van der Waals surface area contributed by atoms with E-state index in [1.165, 1.54) is 35.6 Å². The average molecular weight is 458 g/mol. The number of thiophene rings is 1. The van der Waals surface area contributed by atoms with E-state index in [2.05, 4.69) is 5.32 Å². The lowest BCUT2D eigenvalue weighted by atomic mass is 9.87. The fourth-order valence-corrected chi connectivity index (χ4v) is 5.15. The minimum atomic E-state index is -0.592. The number of amides is 3. The summed E-state index contributed by atoms with van der Waals surface area (Å²) in [5.74, 6) is -0.783. The largest absolute Gasteiger partial charge is 0.341 e. The lowest BCUT2D eigenvalue weighted by molar-refractivity contribution is -0.136. The van der Waals surface area contributed by atoms with E-state index in [1.807, 2.05) is 16.3 Å². The molecule has 2 aliphatic heterocycles. The first kappa shape index (κ1) is 22.5. The predicted molar refractivity (Wildman–Crippen MR) is 121 cm³/mol. The molecular formula is C24H28FN3O3S. The van der Waals surface area contributed by atoms with E-state index < -0.39 is 6.04 Å². The van der Waals surface area contributed by atoms with Gasteiger partial charge in [0.1, 0.15) is 11.9 Å². The van der Waals surface area contributed by atoms with Gasteiger partial charge in [-0.25, -0.2) is 4.39 Å². The molecule has 170 valence electrons. The Morgan fingerprint density at radius 2 is 1.62 bits per heavy atom. The molecule has 6 nitrogen and oxygen atoms in total. The normalized spacial score (nSPS) is 18.3. The maximum absolute atomic E-state index is 13.4. The van der Waals surface area contributed by atoms with Gasteiger partial charge in [0.2, 0.25) is 5.91 Å². The van der Waals surface area contributed by atoms with E-state index in [-0.39, 0.29) is 29.5 Å². The van der Waals surface area contributed by atoms with Gasteiger partial charge in [0.15, 0.2) is 0 Å². The average Bonchev–Trinajstić information content (AvgIpc) is 3.38. The van der Waals surface area contributed by atoms with E-state index in [1.54, 1.807) is 11.0 Å². The Morgan fingerprint density at radius 3 is 2.25 bits per heavy atom. The number of rotatable bonds is 5. The Hall–Kier alpha value is -2.74. The van der Waals surface area contributed by atoms with Gasteiger partial charge in [0.05, 0.1) is 4.88 Å². The van der Waals surface area contributed by atoms with Gasteiger partial charge < -0.3 is 15.1 Å². The van der Waals surface area contributed by atoms with Crippen molar-refractivity contribution in [2.75, 3.05) is 26.2 Å². The van der Waals surface area contributed by atoms with Gasteiger partial charge in [-0.05, 0) is 73.7 Å². The minimum Gasteiger partial charge on any atom is -0.341 e. The number of carbonyl (C=O) groups is 3. The van der Waals surface area contributed by atoms with Crippen LogP contribution < -0.4 is 5.32 Å². The van der Waals surface area contributed by atoms with Gasteiger partial charge >= 0.3 is 0 Å². The molecule has 1 atom stereocenters. The van der Waals surface area contributed by atoms with Crippen molar-refractivity contribution in [1.29, 1.82) is 0 Å². The number of carbonyl (C=O) groups excluding carboxylic acids is 3. The molecule has 2 saturated heterocycles. The number of benzene rings is 1. The quantitative estimate of drug-likeness (QED) is 0.747. The van der Waals surface area contributed by atoms with Gasteiger partial charge in [0.25, 0.3) is 11.8 Å². The summed E-state index contributed by atoms with van der Waals surface area (Å²) in [4.78, 5) is 43.1. The van der Waals surface area contributed by atoms with Crippen molar-refractivity contribution in [3.8, 4) is 0 Å². The van der Waals surface area contributed by atoms with Crippen LogP contribution in [-0.2, 0) is 4.79 Å². The fraction of sp³-hybridized carbons (Fsp3) is 0.458. The molecule has 2 fully saturated rings. The van der Waals surface area contributed by atoms with E-state index in [4.69, 9.17) is 0 Å². The Kier molecular flexibility index (Phi) is 7.19. The van der Waals surface area contributed by atoms with E-state index in [9.17, 15) is 18.8 Å². The third kappa shape index (κ3) is 5.18.